The van der Waals surface area contributed by atoms with Crippen molar-refractivity contribution >= 4 is 36.1 Å². The van der Waals surface area contributed by atoms with Crippen molar-refractivity contribution < 1.29 is 14.6 Å². The second-order valence-electron chi connectivity index (χ2n) is 2.41. The average Bonchev–Trinajstić information content (AvgIpc) is 1.95. The fraction of sp³-hybridized carbons (Fsp3) is 0.800. The first-order chi connectivity index (χ1) is 5.87. The lowest BCUT2D eigenvalue weighted by Crippen LogP contribution is -2.39. The van der Waals surface area contributed by atoms with Crippen molar-refractivity contribution in [3.63, 3.8) is 0 Å². The number of carbonyl (C=O) groups excluding carboxylic acids is 1. The van der Waals surface area contributed by atoms with E-state index < -0.39 is 18.6 Å². The van der Waals surface area contributed by atoms with Crippen molar-refractivity contribution in [1.82, 2.24) is 5.09 Å². The molecule has 0 aliphatic carbocycles. The van der Waals surface area contributed by atoms with Crippen LogP contribution in [0.1, 0.15) is 6.42 Å². The molecule has 0 aromatic carbocycles. The highest BCUT2D eigenvalue weighted by Crippen LogP contribution is 2.30. The summed E-state index contributed by atoms with van der Waals surface area (Å²) in [6.45, 7) is -3.54. The molecule has 5 N–H and O–H groups in total. The number of thioether (sulfide) groups is 1. The van der Waals surface area contributed by atoms with E-state index in [1.807, 2.05) is 6.26 Å². The van der Waals surface area contributed by atoms with E-state index in [1.54, 1.807) is 11.8 Å². The minimum Gasteiger partial charge on any atom is -0.368 e. The third-order valence-electron chi connectivity index (χ3n) is 1.28. The topological polar surface area (TPSA) is 95.6 Å². The van der Waals surface area contributed by atoms with Gasteiger partial charge in [-0.15, -0.1) is 0 Å². The first-order valence-corrected chi connectivity index (χ1v) is 7.58. The van der Waals surface area contributed by atoms with Gasteiger partial charge < -0.3 is 15.5 Å². The Kier molecular flexibility index (Phi) is 6.11. The summed E-state index contributed by atoms with van der Waals surface area (Å²) in [5.41, 5.74) is 5.02. The molecule has 0 saturated carbocycles. The van der Waals surface area contributed by atoms with E-state index in [2.05, 4.69) is 16.9 Å². The van der Waals surface area contributed by atoms with E-state index in [0.717, 1.165) is 0 Å². The van der Waals surface area contributed by atoms with Crippen molar-refractivity contribution in [2.24, 2.45) is 5.73 Å². The van der Waals surface area contributed by atoms with Crippen molar-refractivity contribution in [2.45, 2.75) is 12.5 Å². The summed E-state index contributed by atoms with van der Waals surface area (Å²) in [4.78, 5) is 28.6. The van der Waals surface area contributed by atoms with Gasteiger partial charge in [0.2, 0.25) is 5.91 Å². The number of amides is 1. The lowest BCUT2D eigenvalue weighted by atomic mass is 10.2. The highest BCUT2D eigenvalue weighted by Gasteiger charge is 2.20. The molecular weight excluding hydrogens is 231 g/mol. The highest BCUT2D eigenvalue weighted by atomic mass is 32.5. The van der Waals surface area contributed by atoms with Gasteiger partial charge in [0.1, 0.15) is 0 Å². The molecule has 0 unspecified atom stereocenters. The summed E-state index contributed by atoms with van der Waals surface area (Å²) in [7, 11) is 0. The molecule has 1 atom stereocenters. The normalized spacial score (nSPS) is 14.1. The third-order valence-corrected chi connectivity index (χ3v) is 2.89. The van der Waals surface area contributed by atoms with Gasteiger partial charge in [-0.25, -0.2) is 5.09 Å². The Hall–Kier alpha value is 0.350. The zero-order valence-corrected chi connectivity index (χ0v) is 9.66. The second-order valence-corrected chi connectivity index (χ2v) is 6.27. The van der Waals surface area contributed by atoms with Crippen LogP contribution in [0.15, 0.2) is 0 Å². The molecule has 0 heterocycles. The Labute approximate surface area is 86.3 Å². The molecule has 0 saturated heterocycles. The number of carbonyl (C=O) groups is 1. The van der Waals surface area contributed by atoms with Crippen LogP contribution in [-0.4, -0.2) is 33.7 Å². The fourth-order valence-electron chi connectivity index (χ4n) is 0.709. The number of nitrogens with one attached hydrogen (secondary N) is 1. The summed E-state index contributed by atoms with van der Waals surface area (Å²) < 4.78 is 0. The Morgan fingerprint density at radius 3 is 2.62 bits per heavy atom. The Morgan fingerprint density at radius 2 is 2.31 bits per heavy atom. The Balaban J connectivity index is 4.11. The molecule has 0 spiro atoms. The summed E-state index contributed by atoms with van der Waals surface area (Å²) in [6, 6.07) is -0.756. The average molecular weight is 244 g/mol. The predicted octanol–water partition coefficient (Wildman–Crippen LogP) is -0.608. The third kappa shape index (κ3) is 7.42. The Bertz CT molecular complexity index is 220. The molecule has 8 heteroatoms. The number of hydrogen-bond acceptors (Lipinski definition) is 3. The molecule has 0 aliphatic heterocycles. The molecule has 0 radical (unpaired) electrons. The van der Waals surface area contributed by atoms with Gasteiger partial charge in [0.05, 0.1) is 6.04 Å². The van der Waals surface area contributed by atoms with E-state index in [0.29, 0.717) is 12.2 Å². The molecule has 0 rings (SSSR count). The first-order valence-electron chi connectivity index (χ1n) is 3.48. The van der Waals surface area contributed by atoms with Crippen LogP contribution in [0.3, 0.4) is 0 Å². The number of hydrogen-bond donors (Lipinski definition) is 4. The quantitative estimate of drug-likeness (QED) is 0.466. The van der Waals surface area contributed by atoms with Crippen molar-refractivity contribution in [1.29, 1.82) is 0 Å². The van der Waals surface area contributed by atoms with Gasteiger partial charge in [-0.3, -0.25) is 4.79 Å². The van der Waals surface area contributed by atoms with E-state index in [9.17, 15) is 4.79 Å². The summed E-state index contributed by atoms with van der Waals surface area (Å²) in [6.07, 6.45) is 2.32. The molecular formula is C5H13N2O3PS2. The molecule has 1 amide bonds. The van der Waals surface area contributed by atoms with Gasteiger partial charge in [0.15, 0.2) is 0 Å². The summed E-state index contributed by atoms with van der Waals surface area (Å²) in [5.74, 6) is 0.0852. The van der Waals surface area contributed by atoms with Crippen LogP contribution in [0.2, 0.25) is 0 Å². The summed E-state index contributed by atoms with van der Waals surface area (Å²) in [5, 5.41) is 2.24. The zero-order valence-electron chi connectivity index (χ0n) is 7.14. The number of rotatable bonds is 6. The standard InChI is InChI=1S/C5H13N2O3PS2/c1-13-3-2-4(5(6)8)7-11(9,10)12/h4H,2-3H2,1H3,(H2,6,8)(H3,7,9,10,12)/t4-/m0/s1. The monoisotopic (exact) mass is 244 g/mol. The van der Waals surface area contributed by atoms with Crippen molar-refractivity contribution in [3.8, 4) is 0 Å². The lowest BCUT2D eigenvalue weighted by molar-refractivity contribution is -0.119. The van der Waals surface area contributed by atoms with E-state index in [-0.39, 0.29) is 0 Å². The predicted molar refractivity (Wildman–Crippen MR) is 57.8 cm³/mol. The molecule has 0 aliphatic rings. The van der Waals surface area contributed by atoms with Crippen LogP contribution in [0.4, 0.5) is 0 Å². The maximum Gasteiger partial charge on any atom is 0.256 e. The molecule has 0 fully saturated rings. The second kappa shape index (κ2) is 5.95. The molecule has 0 aromatic heterocycles. The van der Waals surface area contributed by atoms with Crippen LogP contribution in [0.5, 0.6) is 0 Å². The van der Waals surface area contributed by atoms with Crippen LogP contribution >= 0.6 is 18.4 Å². The fourth-order valence-corrected chi connectivity index (χ4v) is 2.22. The van der Waals surface area contributed by atoms with Gasteiger partial charge >= 0.3 is 0 Å². The molecule has 13 heavy (non-hydrogen) atoms. The summed E-state index contributed by atoms with van der Waals surface area (Å²) >= 11 is 5.87. The van der Waals surface area contributed by atoms with Crippen LogP contribution < -0.4 is 10.8 Å². The van der Waals surface area contributed by atoms with Crippen molar-refractivity contribution in [2.75, 3.05) is 12.0 Å². The largest absolute Gasteiger partial charge is 0.368 e. The van der Waals surface area contributed by atoms with Gasteiger partial charge in [0.25, 0.3) is 6.64 Å². The molecule has 0 bridgehead atoms. The van der Waals surface area contributed by atoms with Crippen molar-refractivity contribution in [3.05, 3.63) is 0 Å². The zero-order chi connectivity index (χ0) is 10.5. The van der Waals surface area contributed by atoms with Crippen LogP contribution in [-0.2, 0) is 16.6 Å². The smallest absolute Gasteiger partial charge is 0.256 e. The minimum atomic E-state index is -3.54. The molecule has 78 valence electrons. The number of primary amides is 1. The van der Waals surface area contributed by atoms with Gasteiger partial charge in [0, 0.05) is 0 Å². The van der Waals surface area contributed by atoms with Gasteiger partial charge in [-0.2, -0.15) is 11.8 Å². The van der Waals surface area contributed by atoms with E-state index >= 15 is 0 Å². The van der Waals surface area contributed by atoms with Gasteiger partial charge in [-0.05, 0) is 30.2 Å². The van der Waals surface area contributed by atoms with Gasteiger partial charge in [-0.1, -0.05) is 0 Å². The lowest BCUT2D eigenvalue weighted by Gasteiger charge is -2.17. The highest BCUT2D eigenvalue weighted by molar-refractivity contribution is 8.08. The Morgan fingerprint density at radius 1 is 1.77 bits per heavy atom. The van der Waals surface area contributed by atoms with E-state index in [1.165, 1.54) is 0 Å². The SMILES string of the molecule is CSCC[C@H](NP(O)(O)=S)C(N)=O. The molecule has 0 aromatic rings. The minimum absolute atomic E-state index is 0.440. The van der Waals surface area contributed by atoms with E-state index in [4.69, 9.17) is 15.5 Å². The van der Waals surface area contributed by atoms with Crippen LogP contribution in [0.25, 0.3) is 0 Å². The molecule has 5 nitrogen and oxygen atoms in total. The van der Waals surface area contributed by atoms with Crippen LogP contribution in [0, 0.1) is 0 Å². The number of nitrogens with two attached hydrogens (primary N) is 1. The first kappa shape index (κ1) is 13.4. The maximum atomic E-state index is 10.8. The maximum absolute atomic E-state index is 10.8.